The summed E-state index contributed by atoms with van der Waals surface area (Å²) in [5.41, 5.74) is 0. The van der Waals surface area contributed by atoms with Gasteiger partial charge in [-0.3, -0.25) is 14.5 Å². The van der Waals surface area contributed by atoms with Gasteiger partial charge in [-0.15, -0.1) is 6.42 Å². The van der Waals surface area contributed by atoms with Crippen molar-refractivity contribution in [3.63, 3.8) is 0 Å². The van der Waals surface area contributed by atoms with Crippen molar-refractivity contribution in [1.82, 2.24) is 4.90 Å². The zero-order valence-corrected chi connectivity index (χ0v) is 8.45. The maximum Gasteiger partial charge on any atom is 0.230 e. The molecule has 0 saturated carbocycles. The summed E-state index contributed by atoms with van der Waals surface area (Å²) < 4.78 is 0. The standard InChI is InChI=1S/C11H15NO2/c1-3-9(4-2)12-10(13)7-5-6-8-11(12)14/h1,9H,4-8H2,2H3. The molecule has 2 amide bonds. The summed E-state index contributed by atoms with van der Waals surface area (Å²) in [5.74, 6) is 2.27. The Morgan fingerprint density at radius 2 is 1.86 bits per heavy atom. The Bertz CT molecular complexity index is 260. The molecule has 1 aliphatic rings. The van der Waals surface area contributed by atoms with Crippen LogP contribution >= 0.6 is 0 Å². The molecule has 0 aromatic carbocycles. The molecule has 1 unspecified atom stereocenters. The van der Waals surface area contributed by atoms with Crippen molar-refractivity contribution < 1.29 is 9.59 Å². The largest absolute Gasteiger partial charge is 0.274 e. The van der Waals surface area contributed by atoms with Crippen LogP contribution in [0.3, 0.4) is 0 Å². The van der Waals surface area contributed by atoms with Crippen molar-refractivity contribution in [2.75, 3.05) is 0 Å². The van der Waals surface area contributed by atoms with Crippen LogP contribution in [0.25, 0.3) is 0 Å². The highest BCUT2D eigenvalue weighted by Crippen LogP contribution is 2.16. The second kappa shape index (κ2) is 4.80. The first kappa shape index (κ1) is 10.8. The minimum Gasteiger partial charge on any atom is -0.274 e. The fraction of sp³-hybridized carbons (Fsp3) is 0.636. The van der Waals surface area contributed by atoms with Gasteiger partial charge in [-0.25, -0.2) is 0 Å². The lowest BCUT2D eigenvalue weighted by Gasteiger charge is -2.23. The fourth-order valence-corrected chi connectivity index (χ4v) is 1.66. The number of likely N-dealkylation sites (tertiary alicyclic amines) is 1. The van der Waals surface area contributed by atoms with Gasteiger partial charge in [0.05, 0.1) is 0 Å². The lowest BCUT2D eigenvalue weighted by Crippen LogP contribution is -2.42. The predicted octanol–water partition coefficient (Wildman–Crippen LogP) is 1.33. The van der Waals surface area contributed by atoms with Crippen LogP contribution in [-0.4, -0.2) is 22.8 Å². The molecule has 0 aromatic rings. The Morgan fingerprint density at radius 3 is 2.21 bits per heavy atom. The number of terminal acetylenes is 1. The van der Waals surface area contributed by atoms with Crippen molar-refractivity contribution >= 4 is 11.8 Å². The van der Waals surface area contributed by atoms with E-state index in [4.69, 9.17) is 6.42 Å². The second-order valence-electron chi connectivity index (χ2n) is 3.46. The third-order valence-electron chi connectivity index (χ3n) is 2.46. The molecule has 0 aromatic heterocycles. The molecular formula is C11H15NO2. The molecule has 1 rings (SSSR count). The summed E-state index contributed by atoms with van der Waals surface area (Å²) in [4.78, 5) is 24.5. The van der Waals surface area contributed by atoms with Gasteiger partial charge in [-0.1, -0.05) is 12.8 Å². The second-order valence-corrected chi connectivity index (χ2v) is 3.46. The molecule has 3 nitrogen and oxygen atoms in total. The van der Waals surface area contributed by atoms with Crippen LogP contribution in [-0.2, 0) is 9.59 Å². The van der Waals surface area contributed by atoms with Crippen molar-refractivity contribution in [3.05, 3.63) is 0 Å². The van der Waals surface area contributed by atoms with E-state index in [2.05, 4.69) is 5.92 Å². The maximum absolute atomic E-state index is 11.6. The quantitative estimate of drug-likeness (QED) is 0.490. The first-order chi connectivity index (χ1) is 6.70. The normalized spacial score (nSPS) is 20.1. The van der Waals surface area contributed by atoms with Gasteiger partial charge in [0.25, 0.3) is 0 Å². The van der Waals surface area contributed by atoms with Crippen LogP contribution in [0, 0.1) is 12.3 Å². The summed E-state index contributed by atoms with van der Waals surface area (Å²) in [6.07, 6.45) is 8.41. The van der Waals surface area contributed by atoms with E-state index in [0.29, 0.717) is 19.3 Å². The van der Waals surface area contributed by atoms with Crippen LogP contribution < -0.4 is 0 Å². The molecule has 1 atom stereocenters. The molecule has 14 heavy (non-hydrogen) atoms. The first-order valence-corrected chi connectivity index (χ1v) is 5.01. The molecule has 1 fully saturated rings. The summed E-state index contributed by atoms with van der Waals surface area (Å²) in [5, 5.41) is 0. The Kier molecular flexibility index (Phi) is 3.70. The van der Waals surface area contributed by atoms with E-state index < -0.39 is 0 Å². The van der Waals surface area contributed by atoms with E-state index in [0.717, 1.165) is 12.8 Å². The van der Waals surface area contributed by atoms with E-state index in [1.807, 2.05) is 6.92 Å². The maximum atomic E-state index is 11.6. The number of hydrogen-bond acceptors (Lipinski definition) is 2. The molecule has 0 N–H and O–H groups in total. The zero-order valence-electron chi connectivity index (χ0n) is 8.45. The van der Waals surface area contributed by atoms with Gasteiger partial charge in [-0.05, 0) is 19.3 Å². The van der Waals surface area contributed by atoms with Crippen LogP contribution in [0.4, 0.5) is 0 Å². The zero-order chi connectivity index (χ0) is 10.6. The number of carbonyl (C=O) groups excluding carboxylic acids is 2. The molecule has 1 aliphatic heterocycles. The van der Waals surface area contributed by atoms with Gasteiger partial charge in [0.1, 0.15) is 6.04 Å². The number of amides is 2. The van der Waals surface area contributed by atoms with E-state index in [9.17, 15) is 9.59 Å². The molecule has 0 radical (unpaired) electrons. The van der Waals surface area contributed by atoms with E-state index in [1.54, 1.807) is 0 Å². The highest BCUT2D eigenvalue weighted by molar-refractivity contribution is 5.96. The van der Waals surface area contributed by atoms with Crippen LogP contribution in [0.15, 0.2) is 0 Å². The molecule has 0 bridgehead atoms. The van der Waals surface area contributed by atoms with Crippen LogP contribution in [0.5, 0.6) is 0 Å². The summed E-state index contributed by atoms with van der Waals surface area (Å²) >= 11 is 0. The highest BCUT2D eigenvalue weighted by Gasteiger charge is 2.28. The molecule has 0 aliphatic carbocycles. The van der Waals surface area contributed by atoms with E-state index in [1.165, 1.54) is 4.90 Å². The smallest absolute Gasteiger partial charge is 0.230 e. The van der Waals surface area contributed by atoms with Crippen LogP contribution in [0.2, 0.25) is 0 Å². The average Bonchev–Trinajstić information content (AvgIpc) is 2.33. The molecule has 1 heterocycles. The number of hydrogen-bond donors (Lipinski definition) is 0. The van der Waals surface area contributed by atoms with Gasteiger partial charge in [0.15, 0.2) is 0 Å². The Balaban J connectivity index is 2.85. The SMILES string of the molecule is C#CC(CC)N1C(=O)CCCCC1=O. The van der Waals surface area contributed by atoms with Gasteiger partial charge < -0.3 is 0 Å². The van der Waals surface area contributed by atoms with Crippen molar-refractivity contribution in [2.24, 2.45) is 0 Å². The van der Waals surface area contributed by atoms with Crippen molar-refractivity contribution in [1.29, 1.82) is 0 Å². The molecule has 3 heteroatoms. The average molecular weight is 193 g/mol. The Labute approximate surface area is 84.5 Å². The molecule has 76 valence electrons. The van der Waals surface area contributed by atoms with Crippen LogP contribution in [0.1, 0.15) is 39.0 Å². The van der Waals surface area contributed by atoms with E-state index in [-0.39, 0.29) is 17.9 Å². The van der Waals surface area contributed by atoms with Gasteiger partial charge >= 0.3 is 0 Å². The third kappa shape index (κ3) is 2.14. The molecule has 0 spiro atoms. The Hall–Kier alpha value is -1.30. The lowest BCUT2D eigenvalue weighted by atomic mass is 10.2. The number of rotatable bonds is 2. The Morgan fingerprint density at radius 1 is 1.36 bits per heavy atom. The lowest BCUT2D eigenvalue weighted by molar-refractivity contribution is -0.145. The molecular weight excluding hydrogens is 178 g/mol. The summed E-state index contributed by atoms with van der Waals surface area (Å²) in [6.45, 7) is 1.88. The number of nitrogens with zero attached hydrogens (tertiary/aromatic N) is 1. The van der Waals surface area contributed by atoms with Crippen molar-refractivity contribution in [3.8, 4) is 12.3 Å². The van der Waals surface area contributed by atoms with Crippen molar-refractivity contribution in [2.45, 2.75) is 45.1 Å². The monoisotopic (exact) mass is 193 g/mol. The number of imide groups is 1. The third-order valence-corrected chi connectivity index (χ3v) is 2.46. The minimum atomic E-state index is -0.354. The summed E-state index contributed by atoms with van der Waals surface area (Å²) in [7, 11) is 0. The fourth-order valence-electron chi connectivity index (χ4n) is 1.66. The minimum absolute atomic E-state index is 0.114. The predicted molar refractivity (Wildman–Crippen MR) is 53.2 cm³/mol. The number of carbonyl (C=O) groups is 2. The van der Waals surface area contributed by atoms with E-state index >= 15 is 0 Å². The van der Waals surface area contributed by atoms with Gasteiger partial charge in [0, 0.05) is 12.8 Å². The first-order valence-electron chi connectivity index (χ1n) is 5.01. The highest BCUT2D eigenvalue weighted by atomic mass is 16.2. The summed E-state index contributed by atoms with van der Waals surface area (Å²) in [6, 6.07) is -0.354. The van der Waals surface area contributed by atoms with Gasteiger partial charge in [-0.2, -0.15) is 0 Å². The van der Waals surface area contributed by atoms with Gasteiger partial charge in [0.2, 0.25) is 11.8 Å². The molecule has 1 saturated heterocycles. The topological polar surface area (TPSA) is 37.4 Å².